The molecule has 0 heterocycles. The van der Waals surface area contributed by atoms with Crippen molar-refractivity contribution < 1.29 is 55.7 Å². The number of anilines is 1. The van der Waals surface area contributed by atoms with E-state index >= 15 is 0 Å². The summed E-state index contributed by atoms with van der Waals surface area (Å²) in [6, 6.07) is 21.9. The molecule has 11 nitrogen and oxygen atoms in total. The smallest absolute Gasteiger partial charge is 0.308 e. The fourth-order valence-electron chi connectivity index (χ4n) is 6.11. The molecule has 1 aliphatic carbocycles. The van der Waals surface area contributed by atoms with Gasteiger partial charge in [0, 0.05) is 17.8 Å². The van der Waals surface area contributed by atoms with Crippen LogP contribution in [0.15, 0.2) is 91.0 Å². The van der Waals surface area contributed by atoms with Gasteiger partial charge in [0.15, 0.2) is 23.2 Å². The van der Waals surface area contributed by atoms with Crippen LogP contribution in [-0.2, 0) is 35.1 Å². The number of benzene rings is 4. The maximum absolute atomic E-state index is 14.3. The summed E-state index contributed by atoms with van der Waals surface area (Å²) in [7, 11) is 0. The number of hydrogen-bond donors (Lipinski definition) is 3. The van der Waals surface area contributed by atoms with Crippen LogP contribution in [0.25, 0.3) is 0 Å². The number of halogens is 4. The van der Waals surface area contributed by atoms with E-state index in [0.29, 0.717) is 30.0 Å². The summed E-state index contributed by atoms with van der Waals surface area (Å²) in [5.41, 5.74) is -1.54. The Labute approximate surface area is 332 Å². The highest BCUT2D eigenvalue weighted by Gasteiger charge is 2.52. The molecule has 15 heteroatoms. The standard InChI is InChI=1S/C43H43F4N3O8/c1-42(2,3)58-35(52)24-33(34(51)25-56-38-36(46)30(44)23-31(45)37(38)47)50-41(55)43(20-11-21-43)40(54)49-32(19-18-26-12-6-4-7-13-26)39(53)48-27-14-10-17-29(22-27)57-28-15-8-5-9-16-28/h4-10,12-17,22-23,32-33H,11,18-21,24-25H2,1-3H3,(H,48,53)(H,49,54)(H,50,55). The summed E-state index contributed by atoms with van der Waals surface area (Å²) < 4.78 is 72.2. The van der Waals surface area contributed by atoms with Crippen molar-refractivity contribution in [2.45, 2.75) is 77.0 Å². The van der Waals surface area contributed by atoms with Crippen molar-refractivity contribution in [3.05, 3.63) is 120 Å². The van der Waals surface area contributed by atoms with E-state index in [1.165, 1.54) is 0 Å². The number of rotatable bonds is 17. The predicted molar refractivity (Wildman–Crippen MR) is 204 cm³/mol. The van der Waals surface area contributed by atoms with Crippen molar-refractivity contribution in [1.82, 2.24) is 10.6 Å². The zero-order valence-corrected chi connectivity index (χ0v) is 32.0. The number of carbonyl (C=O) groups is 5. The second kappa shape index (κ2) is 18.8. The molecular weight excluding hydrogens is 762 g/mol. The van der Waals surface area contributed by atoms with Crippen molar-refractivity contribution in [3.8, 4) is 17.2 Å². The van der Waals surface area contributed by atoms with Crippen molar-refractivity contribution in [3.63, 3.8) is 0 Å². The van der Waals surface area contributed by atoms with Gasteiger partial charge in [-0.25, -0.2) is 8.78 Å². The number of Topliss-reactive ketones (excluding diaryl/α,β-unsaturated/α-hetero) is 1. The molecule has 4 aromatic rings. The highest BCUT2D eigenvalue weighted by molar-refractivity contribution is 6.09. The first kappa shape index (κ1) is 42.9. The van der Waals surface area contributed by atoms with E-state index in [0.717, 1.165) is 5.56 Å². The Bertz CT molecular complexity index is 2100. The van der Waals surface area contributed by atoms with Crippen LogP contribution in [0.4, 0.5) is 23.2 Å². The van der Waals surface area contributed by atoms with Crippen LogP contribution >= 0.6 is 0 Å². The third kappa shape index (κ3) is 11.2. The Hall–Kier alpha value is -6.25. The summed E-state index contributed by atoms with van der Waals surface area (Å²) in [5.74, 6) is -12.3. The zero-order chi connectivity index (χ0) is 42.0. The van der Waals surface area contributed by atoms with Gasteiger partial charge in [-0.1, -0.05) is 61.0 Å². The number of nitrogens with one attached hydrogen (secondary N) is 3. The zero-order valence-electron chi connectivity index (χ0n) is 32.0. The van der Waals surface area contributed by atoms with E-state index in [1.54, 1.807) is 57.2 Å². The monoisotopic (exact) mass is 805 g/mol. The summed E-state index contributed by atoms with van der Waals surface area (Å²) in [5, 5.41) is 7.93. The van der Waals surface area contributed by atoms with Gasteiger partial charge < -0.3 is 30.2 Å². The average Bonchev–Trinajstić information content (AvgIpc) is 3.15. The SMILES string of the molecule is CC(C)(C)OC(=O)CC(NC(=O)C1(C(=O)NC(CCc2ccccc2)C(=O)Nc2cccc(Oc3ccccc3)c2)CCC1)C(=O)COc1c(F)c(F)cc(F)c1F. The Morgan fingerprint density at radius 2 is 1.33 bits per heavy atom. The molecule has 0 spiro atoms. The number of aryl methyl sites for hydroxylation is 1. The van der Waals surface area contributed by atoms with E-state index in [1.807, 2.05) is 48.5 Å². The lowest BCUT2D eigenvalue weighted by atomic mass is 9.67. The molecular formula is C43H43F4N3O8. The lowest BCUT2D eigenvalue weighted by Gasteiger charge is -2.40. The molecule has 1 aliphatic rings. The van der Waals surface area contributed by atoms with E-state index in [4.69, 9.17) is 14.2 Å². The highest BCUT2D eigenvalue weighted by Crippen LogP contribution is 2.42. The predicted octanol–water partition coefficient (Wildman–Crippen LogP) is 7.13. The Morgan fingerprint density at radius 3 is 1.91 bits per heavy atom. The summed E-state index contributed by atoms with van der Waals surface area (Å²) in [6.07, 6.45) is 0.162. The number of hydrogen-bond acceptors (Lipinski definition) is 8. The van der Waals surface area contributed by atoms with Gasteiger partial charge in [-0.05, 0) is 76.3 Å². The fraction of sp³-hybridized carbons (Fsp3) is 0.326. The summed E-state index contributed by atoms with van der Waals surface area (Å²) in [6.45, 7) is 3.44. The molecule has 3 N–H and O–H groups in total. The number of ether oxygens (including phenoxy) is 3. The van der Waals surface area contributed by atoms with E-state index < -0.39 is 94.6 Å². The second-order valence-electron chi connectivity index (χ2n) is 14.8. The van der Waals surface area contributed by atoms with E-state index in [-0.39, 0.29) is 25.3 Å². The molecule has 4 aromatic carbocycles. The van der Waals surface area contributed by atoms with Gasteiger partial charge in [0.25, 0.3) is 0 Å². The van der Waals surface area contributed by atoms with Crippen LogP contribution in [0.2, 0.25) is 0 Å². The van der Waals surface area contributed by atoms with E-state index in [9.17, 15) is 41.5 Å². The first-order valence-electron chi connectivity index (χ1n) is 18.5. The molecule has 5 rings (SSSR count). The van der Waals surface area contributed by atoms with Gasteiger partial charge in [-0.3, -0.25) is 24.0 Å². The molecule has 0 aliphatic heterocycles. The van der Waals surface area contributed by atoms with E-state index in [2.05, 4.69) is 16.0 Å². The van der Waals surface area contributed by atoms with Gasteiger partial charge in [-0.2, -0.15) is 8.78 Å². The summed E-state index contributed by atoms with van der Waals surface area (Å²) >= 11 is 0. The number of esters is 1. The molecule has 1 saturated carbocycles. The summed E-state index contributed by atoms with van der Waals surface area (Å²) in [4.78, 5) is 68.2. The number of amides is 3. The van der Waals surface area contributed by atoms with Gasteiger partial charge in [0.2, 0.25) is 29.4 Å². The lowest BCUT2D eigenvalue weighted by molar-refractivity contribution is -0.157. The Morgan fingerprint density at radius 1 is 0.741 bits per heavy atom. The first-order chi connectivity index (χ1) is 27.5. The fourth-order valence-corrected chi connectivity index (χ4v) is 6.11. The van der Waals surface area contributed by atoms with Gasteiger partial charge >= 0.3 is 5.97 Å². The van der Waals surface area contributed by atoms with Crippen LogP contribution in [0, 0.1) is 28.7 Å². The third-order valence-corrected chi connectivity index (χ3v) is 9.26. The maximum Gasteiger partial charge on any atom is 0.308 e. The van der Waals surface area contributed by atoms with Gasteiger partial charge in [0.05, 0.1) is 6.42 Å². The molecule has 3 amide bonds. The maximum atomic E-state index is 14.3. The number of carbonyl (C=O) groups excluding carboxylic acids is 5. The van der Waals surface area contributed by atoms with Gasteiger partial charge in [0.1, 0.15) is 41.2 Å². The molecule has 1 fully saturated rings. The molecule has 2 atom stereocenters. The largest absolute Gasteiger partial charge is 0.479 e. The van der Waals surface area contributed by atoms with Crippen molar-refractivity contribution in [1.29, 1.82) is 0 Å². The van der Waals surface area contributed by atoms with Gasteiger partial charge in [-0.15, -0.1) is 0 Å². The molecule has 58 heavy (non-hydrogen) atoms. The normalized spacial score (nSPS) is 14.2. The molecule has 0 saturated heterocycles. The molecule has 306 valence electrons. The van der Waals surface area contributed by atoms with Crippen LogP contribution in [0.1, 0.15) is 58.4 Å². The first-order valence-corrected chi connectivity index (χ1v) is 18.5. The van der Waals surface area contributed by atoms with Crippen molar-refractivity contribution in [2.24, 2.45) is 5.41 Å². The lowest BCUT2D eigenvalue weighted by Crippen LogP contribution is -2.60. The Balaban J connectivity index is 1.34. The minimum absolute atomic E-state index is 0.0133. The third-order valence-electron chi connectivity index (χ3n) is 9.26. The van der Waals surface area contributed by atoms with Crippen molar-refractivity contribution in [2.75, 3.05) is 11.9 Å². The Kier molecular flexibility index (Phi) is 13.9. The second-order valence-corrected chi connectivity index (χ2v) is 14.8. The van der Waals surface area contributed by atoms with Crippen LogP contribution in [-0.4, -0.2) is 53.8 Å². The molecule has 0 bridgehead atoms. The minimum Gasteiger partial charge on any atom is -0.479 e. The topological polar surface area (TPSA) is 149 Å². The molecule has 0 radical (unpaired) electrons. The number of para-hydroxylation sites is 1. The average molecular weight is 806 g/mol. The molecule has 2 unspecified atom stereocenters. The quantitative estimate of drug-likeness (QED) is 0.0442. The number of ketones is 1. The van der Waals surface area contributed by atoms with Crippen molar-refractivity contribution >= 4 is 35.2 Å². The van der Waals surface area contributed by atoms with Crippen LogP contribution < -0.4 is 25.4 Å². The van der Waals surface area contributed by atoms with Crippen LogP contribution in [0.5, 0.6) is 17.2 Å². The van der Waals surface area contributed by atoms with Crippen LogP contribution in [0.3, 0.4) is 0 Å². The minimum atomic E-state index is -1.90. The molecule has 0 aromatic heterocycles. The highest BCUT2D eigenvalue weighted by atomic mass is 19.2.